The summed E-state index contributed by atoms with van der Waals surface area (Å²) in [5, 5.41) is 8.15. The maximum Gasteiger partial charge on any atom is 0.186 e. The topological polar surface area (TPSA) is 63.7 Å². The Bertz CT molecular complexity index is 693. The molecule has 1 aromatic carbocycles. The first-order valence-corrected chi connectivity index (χ1v) is 5.66. The predicted molar refractivity (Wildman–Crippen MR) is 68.7 cm³/mol. The summed E-state index contributed by atoms with van der Waals surface area (Å²) in [7, 11) is 1.63. The normalized spacial score (nSPS) is 10.8. The molecule has 6 heteroatoms. The van der Waals surface area contributed by atoms with E-state index in [9.17, 15) is 0 Å². The minimum atomic E-state index is 0.388. The van der Waals surface area contributed by atoms with Crippen molar-refractivity contribution in [1.29, 1.82) is 0 Å². The molecule has 0 unspecified atom stereocenters. The lowest BCUT2D eigenvalue weighted by Crippen LogP contribution is -1.84. The van der Waals surface area contributed by atoms with Crippen molar-refractivity contribution in [3.05, 3.63) is 35.7 Å². The van der Waals surface area contributed by atoms with E-state index < -0.39 is 0 Å². The van der Waals surface area contributed by atoms with Crippen molar-refractivity contribution in [1.82, 2.24) is 20.2 Å². The van der Waals surface area contributed by atoms with E-state index in [1.54, 1.807) is 7.11 Å². The summed E-state index contributed by atoms with van der Waals surface area (Å²) in [5.41, 5.74) is 2.31. The number of hydrogen-bond acceptors (Lipinski definition) is 4. The quantitative estimate of drug-likeness (QED) is 0.720. The Labute approximate surface area is 108 Å². The SMILES string of the molecule is COc1ccc(-c2[nH]nc3ncnc(Cl)c23)cc1. The Kier molecular flexibility index (Phi) is 2.60. The molecular weight excluding hydrogens is 252 g/mol. The van der Waals surface area contributed by atoms with Gasteiger partial charge in [-0.2, -0.15) is 5.10 Å². The molecule has 1 N–H and O–H groups in total. The molecule has 0 aliphatic rings. The van der Waals surface area contributed by atoms with Gasteiger partial charge in [0, 0.05) is 5.56 Å². The monoisotopic (exact) mass is 260 g/mol. The second-order valence-electron chi connectivity index (χ2n) is 3.69. The largest absolute Gasteiger partial charge is 0.497 e. The van der Waals surface area contributed by atoms with Gasteiger partial charge in [0.25, 0.3) is 0 Å². The molecule has 90 valence electrons. The lowest BCUT2D eigenvalue weighted by Gasteiger charge is -2.02. The maximum atomic E-state index is 6.08. The Morgan fingerprint density at radius 2 is 1.94 bits per heavy atom. The average Bonchev–Trinajstić information content (AvgIpc) is 2.84. The van der Waals surface area contributed by atoms with E-state index >= 15 is 0 Å². The molecule has 18 heavy (non-hydrogen) atoms. The Morgan fingerprint density at radius 3 is 2.67 bits per heavy atom. The van der Waals surface area contributed by atoms with Gasteiger partial charge in [0.15, 0.2) is 5.65 Å². The van der Waals surface area contributed by atoms with Crippen LogP contribution in [0.3, 0.4) is 0 Å². The standard InChI is InChI=1S/C12H9ClN4O/c1-18-8-4-2-7(3-5-8)10-9-11(13)14-6-15-12(9)17-16-10/h2-6H,1H3,(H,14,15,16,17). The fraction of sp³-hybridized carbons (Fsp3) is 0.0833. The number of aromatic amines is 1. The lowest BCUT2D eigenvalue weighted by atomic mass is 10.1. The summed E-state index contributed by atoms with van der Waals surface area (Å²) in [6.07, 6.45) is 1.39. The zero-order valence-electron chi connectivity index (χ0n) is 9.51. The molecule has 3 rings (SSSR count). The van der Waals surface area contributed by atoms with Crippen LogP contribution in [-0.4, -0.2) is 27.3 Å². The number of benzene rings is 1. The van der Waals surface area contributed by atoms with Gasteiger partial charge in [-0.05, 0) is 24.3 Å². The van der Waals surface area contributed by atoms with E-state index in [4.69, 9.17) is 16.3 Å². The molecule has 2 heterocycles. The number of hydrogen-bond donors (Lipinski definition) is 1. The molecule has 2 aromatic heterocycles. The van der Waals surface area contributed by atoms with Gasteiger partial charge in [-0.3, -0.25) is 5.10 Å². The van der Waals surface area contributed by atoms with E-state index in [2.05, 4.69) is 20.2 Å². The fourth-order valence-corrected chi connectivity index (χ4v) is 2.01. The highest BCUT2D eigenvalue weighted by atomic mass is 35.5. The minimum Gasteiger partial charge on any atom is -0.497 e. The molecule has 0 aliphatic carbocycles. The first kappa shape index (κ1) is 11.0. The van der Waals surface area contributed by atoms with Crippen LogP contribution >= 0.6 is 11.6 Å². The third-order valence-corrected chi connectivity index (χ3v) is 2.97. The highest BCUT2D eigenvalue weighted by Gasteiger charge is 2.12. The van der Waals surface area contributed by atoms with Crippen molar-refractivity contribution in [3.8, 4) is 17.0 Å². The number of nitrogens with zero attached hydrogens (tertiary/aromatic N) is 3. The fourth-order valence-electron chi connectivity index (χ4n) is 1.79. The van der Waals surface area contributed by atoms with Crippen LogP contribution in [0.1, 0.15) is 0 Å². The zero-order valence-corrected chi connectivity index (χ0v) is 10.3. The van der Waals surface area contributed by atoms with Crippen molar-refractivity contribution in [2.24, 2.45) is 0 Å². The van der Waals surface area contributed by atoms with E-state index in [0.29, 0.717) is 10.8 Å². The molecule has 0 saturated heterocycles. The van der Waals surface area contributed by atoms with Crippen LogP contribution in [0.25, 0.3) is 22.3 Å². The van der Waals surface area contributed by atoms with Crippen LogP contribution in [0.5, 0.6) is 5.75 Å². The molecule has 0 saturated carbocycles. The number of H-pyrrole nitrogens is 1. The Hall–Kier alpha value is -2.14. The summed E-state index contributed by atoms with van der Waals surface area (Å²) in [5.74, 6) is 0.796. The van der Waals surface area contributed by atoms with E-state index in [1.165, 1.54) is 6.33 Å². The number of aromatic nitrogens is 4. The second kappa shape index (κ2) is 4.27. The van der Waals surface area contributed by atoms with Crippen LogP contribution in [-0.2, 0) is 0 Å². The molecule has 0 fully saturated rings. The summed E-state index contributed by atoms with van der Waals surface area (Å²) in [4.78, 5) is 8.03. The van der Waals surface area contributed by atoms with Crippen molar-refractivity contribution in [2.45, 2.75) is 0 Å². The van der Waals surface area contributed by atoms with E-state index in [-0.39, 0.29) is 0 Å². The molecule has 0 aliphatic heterocycles. The number of rotatable bonds is 2. The first-order chi connectivity index (χ1) is 8.79. The van der Waals surface area contributed by atoms with Gasteiger partial charge >= 0.3 is 0 Å². The molecule has 0 radical (unpaired) electrons. The number of nitrogens with one attached hydrogen (secondary N) is 1. The smallest absolute Gasteiger partial charge is 0.186 e. The lowest BCUT2D eigenvalue weighted by molar-refractivity contribution is 0.415. The number of methoxy groups -OCH3 is 1. The summed E-state index contributed by atoms with van der Waals surface area (Å²) < 4.78 is 5.12. The molecular formula is C12H9ClN4O. The van der Waals surface area contributed by atoms with Crippen molar-refractivity contribution in [3.63, 3.8) is 0 Å². The van der Waals surface area contributed by atoms with Gasteiger partial charge in [-0.15, -0.1) is 0 Å². The third kappa shape index (κ3) is 1.69. The van der Waals surface area contributed by atoms with Gasteiger partial charge < -0.3 is 4.74 Å². The summed E-state index contributed by atoms with van der Waals surface area (Å²) in [6.45, 7) is 0. The Morgan fingerprint density at radius 1 is 1.17 bits per heavy atom. The third-order valence-electron chi connectivity index (χ3n) is 2.68. The first-order valence-electron chi connectivity index (χ1n) is 5.28. The van der Waals surface area contributed by atoms with Crippen molar-refractivity contribution >= 4 is 22.6 Å². The van der Waals surface area contributed by atoms with Gasteiger partial charge in [0.05, 0.1) is 18.2 Å². The Balaban J connectivity index is 2.18. The van der Waals surface area contributed by atoms with E-state index in [1.807, 2.05) is 24.3 Å². The highest BCUT2D eigenvalue weighted by Crippen LogP contribution is 2.30. The van der Waals surface area contributed by atoms with Gasteiger partial charge in [0.2, 0.25) is 0 Å². The predicted octanol–water partition coefficient (Wildman–Crippen LogP) is 2.68. The summed E-state index contributed by atoms with van der Waals surface area (Å²) in [6, 6.07) is 7.60. The maximum absolute atomic E-state index is 6.08. The molecule has 0 amide bonds. The van der Waals surface area contributed by atoms with Crippen LogP contribution in [0.2, 0.25) is 5.15 Å². The highest BCUT2D eigenvalue weighted by molar-refractivity contribution is 6.34. The van der Waals surface area contributed by atoms with Crippen LogP contribution < -0.4 is 4.74 Å². The number of fused-ring (bicyclic) bond motifs is 1. The second-order valence-corrected chi connectivity index (χ2v) is 4.05. The number of ether oxygens (including phenoxy) is 1. The molecule has 0 spiro atoms. The van der Waals surface area contributed by atoms with Gasteiger partial charge in [-0.25, -0.2) is 9.97 Å². The molecule has 0 bridgehead atoms. The molecule has 3 aromatic rings. The molecule has 0 atom stereocenters. The molecule has 5 nitrogen and oxygen atoms in total. The summed E-state index contributed by atoms with van der Waals surface area (Å²) >= 11 is 6.08. The van der Waals surface area contributed by atoms with Gasteiger partial charge in [0.1, 0.15) is 17.2 Å². The van der Waals surface area contributed by atoms with Gasteiger partial charge in [-0.1, -0.05) is 11.6 Å². The van der Waals surface area contributed by atoms with Crippen molar-refractivity contribution < 1.29 is 4.74 Å². The minimum absolute atomic E-state index is 0.388. The zero-order chi connectivity index (χ0) is 12.5. The van der Waals surface area contributed by atoms with Crippen LogP contribution in [0, 0.1) is 0 Å². The van der Waals surface area contributed by atoms with Crippen LogP contribution in [0.4, 0.5) is 0 Å². The van der Waals surface area contributed by atoms with E-state index in [0.717, 1.165) is 22.4 Å². The average molecular weight is 261 g/mol. The van der Waals surface area contributed by atoms with Crippen molar-refractivity contribution in [2.75, 3.05) is 7.11 Å². The number of halogens is 1. The van der Waals surface area contributed by atoms with Crippen LogP contribution in [0.15, 0.2) is 30.6 Å².